The highest BCUT2D eigenvalue weighted by Crippen LogP contribution is 2.49. The molecule has 1 aromatic carbocycles. The molecule has 0 aliphatic heterocycles. The Balaban J connectivity index is 1.85. The maximum absolute atomic E-state index is 14.0. The fourth-order valence-electron chi connectivity index (χ4n) is 5.32. The Morgan fingerprint density at radius 1 is 1.03 bits per heavy atom. The maximum atomic E-state index is 14.0. The second-order valence-electron chi connectivity index (χ2n) is 13.2. The first-order valence-electron chi connectivity index (χ1n) is 13.6. The van der Waals surface area contributed by atoms with Crippen LogP contribution in [-0.4, -0.2) is 33.5 Å². The van der Waals surface area contributed by atoms with Gasteiger partial charge >= 0.3 is 0 Å². The minimum atomic E-state index is -1.01. The van der Waals surface area contributed by atoms with Crippen molar-refractivity contribution in [1.82, 2.24) is 9.88 Å². The molecule has 0 saturated heterocycles. The van der Waals surface area contributed by atoms with E-state index in [1.54, 1.807) is 18.4 Å². The first-order valence-corrected chi connectivity index (χ1v) is 13.6. The molecule has 2 aromatic rings. The number of ketones is 1. The SMILES string of the molecule is Cn1c(C(=O)NCC(C)(C)O)cc(-c2cc(C(C)(C)C)cc(C3(C)CC3)c2)c1C(=O)C1CCCCC1. The van der Waals surface area contributed by atoms with Gasteiger partial charge in [0, 0.05) is 25.1 Å². The molecule has 4 rings (SSSR count). The third-order valence-corrected chi connectivity index (χ3v) is 8.16. The number of aliphatic hydroxyl groups is 1. The average molecular weight is 493 g/mol. The molecule has 2 aliphatic rings. The molecular weight excluding hydrogens is 448 g/mol. The molecule has 2 saturated carbocycles. The van der Waals surface area contributed by atoms with Crippen molar-refractivity contribution in [2.75, 3.05) is 6.54 Å². The standard InChI is InChI=1S/C31H44N2O3/c1-29(2,3)22-15-21(16-23(17-22)31(6)13-14-31)24-18-25(28(35)32-19-30(4,5)36)33(7)26(24)27(34)20-11-9-8-10-12-20/h15-18,20,36H,8-14,19H2,1-7H3,(H,32,35). The van der Waals surface area contributed by atoms with Gasteiger partial charge in [-0.05, 0) is 73.1 Å². The number of nitrogens with zero attached hydrogens (tertiary/aromatic N) is 1. The molecule has 1 heterocycles. The van der Waals surface area contributed by atoms with Crippen molar-refractivity contribution in [3.05, 3.63) is 46.8 Å². The lowest BCUT2D eigenvalue weighted by atomic mass is 9.81. The molecule has 36 heavy (non-hydrogen) atoms. The zero-order chi connectivity index (χ0) is 26.5. The smallest absolute Gasteiger partial charge is 0.268 e. The highest BCUT2D eigenvalue weighted by molar-refractivity contribution is 6.06. The molecule has 0 radical (unpaired) electrons. The van der Waals surface area contributed by atoms with Gasteiger partial charge in [-0.25, -0.2) is 0 Å². The summed E-state index contributed by atoms with van der Waals surface area (Å²) in [6, 6.07) is 8.67. The van der Waals surface area contributed by atoms with Crippen molar-refractivity contribution < 1.29 is 14.7 Å². The highest BCUT2D eigenvalue weighted by Gasteiger charge is 2.40. The summed E-state index contributed by atoms with van der Waals surface area (Å²) in [6.45, 7) is 12.5. The van der Waals surface area contributed by atoms with Crippen LogP contribution in [-0.2, 0) is 17.9 Å². The maximum Gasteiger partial charge on any atom is 0.268 e. The summed E-state index contributed by atoms with van der Waals surface area (Å²) in [7, 11) is 1.83. The lowest BCUT2D eigenvalue weighted by molar-refractivity contribution is 0.0689. The molecule has 0 atom stereocenters. The molecule has 2 fully saturated rings. The van der Waals surface area contributed by atoms with Crippen LogP contribution in [0.15, 0.2) is 24.3 Å². The van der Waals surface area contributed by atoms with Crippen molar-refractivity contribution >= 4 is 11.7 Å². The number of amides is 1. The van der Waals surface area contributed by atoms with Crippen molar-refractivity contribution in [3.8, 4) is 11.1 Å². The molecule has 0 bridgehead atoms. The van der Waals surface area contributed by atoms with Gasteiger partial charge in [-0.3, -0.25) is 9.59 Å². The van der Waals surface area contributed by atoms with Crippen LogP contribution in [0.2, 0.25) is 0 Å². The fourth-order valence-corrected chi connectivity index (χ4v) is 5.32. The topological polar surface area (TPSA) is 71.3 Å². The van der Waals surface area contributed by atoms with Gasteiger partial charge < -0.3 is 15.0 Å². The Morgan fingerprint density at radius 2 is 1.67 bits per heavy atom. The Kier molecular flexibility index (Phi) is 7.02. The minimum absolute atomic E-state index is 0.00426. The van der Waals surface area contributed by atoms with Crippen molar-refractivity contribution in [3.63, 3.8) is 0 Å². The zero-order valence-electron chi connectivity index (χ0n) is 23.3. The summed E-state index contributed by atoms with van der Waals surface area (Å²) in [5.74, 6) is -0.122. The second kappa shape index (κ2) is 9.48. The van der Waals surface area contributed by atoms with Gasteiger partial charge in [-0.2, -0.15) is 0 Å². The summed E-state index contributed by atoms with van der Waals surface area (Å²) in [5.41, 5.74) is 4.65. The number of benzene rings is 1. The molecule has 1 amide bonds. The van der Waals surface area contributed by atoms with Crippen LogP contribution in [0.5, 0.6) is 0 Å². The molecule has 196 valence electrons. The second-order valence-corrected chi connectivity index (χ2v) is 13.2. The van der Waals surface area contributed by atoms with Gasteiger partial charge in [0.25, 0.3) is 5.91 Å². The summed E-state index contributed by atoms with van der Waals surface area (Å²) in [5, 5.41) is 13.0. The van der Waals surface area contributed by atoms with Crippen molar-refractivity contribution in [2.24, 2.45) is 13.0 Å². The lowest BCUT2D eigenvalue weighted by Gasteiger charge is -2.24. The lowest BCUT2D eigenvalue weighted by Crippen LogP contribution is -2.38. The number of rotatable bonds is 7. The van der Waals surface area contributed by atoms with Crippen LogP contribution in [0.3, 0.4) is 0 Å². The number of aromatic nitrogens is 1. The minimum Gasteiger partial charge on any atom is -0.389 e. The quantitative estimate of drug-likeness (QED) is 0.445. The van der Waals surface area contributed by atoms with Crippen LogP contribution in [0.1, 0.15) is 119 Å². The van der Waals surface area contributed by atoms with Gasteiger partial charge in [-0.15, -0.1) is 0 Å². The number of hydrogen-bond acceptors (Lipinski definition) is 3. The van der Waals surface area contributed by atoms with E-state index >= 15 is 0 Å². The highest BCUT2D eigenvalue weighted by atomic mass is 16.3. The van der Waals surface area contributed by atoms with Crippen LogP contribution >= 0.6 is 0 Å². The number of carbonyl (C=O) groups is 2. The van der Waals surface area contributed by atoms with Gasteiger partial charge in [-0.1, -0.05) is 65.2 Å². The first-order chi connectivity index (χ1) is 16.7. The van der Waals surface area contributed by atoms with E-state index in [1.165, 1.54) is 30.4 Å². The van der Waals surface area contributed by atoms with Crippen molar-refractivity contribution in [2.45, 2.75) is 103 Å². The van der Waals surface area contributed by atoms with Crippen LogP contribution < -0.4 is 5.32 Å². The molecule has 0 spiro atoms. The first kappa shape index (κ1) is 26.7. The van der Waals surface area contributed by atoms with Gasteiger partial charge in [0.2, 0.25) is 0 Å². The zero-order valence-corrected chi connectivity index (χ0v) is 23.3. The van der Waals surface area contributed by atoms with E-state index < -0.39 is 5.60 Å². The molecule has 1 aromatic heterocycles. The largest absolute Gasteiger partial charge is 0.389 e. The van der Waals surface area contributed by atoms with Crippen molar-refractivity contribution in [1.29, 1.82) is 0 Å². The molecule has 2 aliphatic carbocycles. The number of hydrogen-bond donors (Lipinski definition) is 2. The number of nitrogens with one attached hydrogen (secondary N) is 1. The summed E-state index contributed by atoms with van der Waals surface area (Å²) in [6.07, 6.45) is 7.52. The summed E-state index contributed by atoms with van der Waals surface area (Å²) < 4.78 is 1.79. The average Bonchev–Trinajstić information content (AvgIpc) is 3.47. The fraction of sp³-hybridized carbons (Fsp3) is 0.613. The predicted molar refractivity (Wildman–Crippen MR) is 146 cm³/mol. The third kappa shape index (κ3) is 5.61. The van der Waals surface area contributed by atoms with E-state index in [0.717, 1.165) is 36.8 Å². The van der Waals surface area contributed by atoms with Gasteiger partial charge in [0.05, 0.1) is 11.3 Å². The Morgan fingerprint density at radius 3 is 2.22 bits per heavy atom. The van der Waals surface area contributed by atoms with E-state index in [2.05, 4.69) is 51.2 Å². The molecule has 0 unspecified atom stereocenters. The number of Topliss-reactive ketones (excluding diaryl/α,β-unsaturated/α-hetero) is 1. The third-order valence-electron chi connectivity index (χ3n) is 8.16. The predicted octanol–water partition coefficient (Wildman–Crippen LogP) is 6.30. The van der Waals surface area contributed by atoms with Crippen LogP contribution in [0.25, 0.3) is 11.1 Å². The van der Waals surface area contributed by atoms with E-state index in [-0.39, 0.29) is 35.0 Å². The summed E-state index contributed by atoms with van der Waals surface area (Å²) >= 11 is 0. The van der Waals surface area contributed by atoms with E-state index in [9.17, 15) is 14.7 Å². The molecule has 5 nitrogen and oxygen atoms in total. The molecule has 2 N–H and O–H groups in total. The normalized spacial score (nSPS) is 18.2. The monoisotopic (exact) mass is 492 g/mol. The Labute approximate surface area is 216 Å². The van der Waals surface area contributed by atoms with Crippen LogP contribution in [0, 0.1) is 5.92 Å². The van der Waals surface area contributed by atoms with E-state index in [0.29, 0.717) is 11.4 Å². The number of carbonyl (C=O) groups excluding carboxylic acids is 2. The molecular formula is C31H44N2O3. The van der Waals surface area contributed by atoms with E-state index in [4.69, 9.17) is 0 Å². The Hall–Kier alpha value is -2.40. The van der Waals surface area contributed by atoms with E-state index in [1.807, 2.05) is 13.1 Å². The van der Waals surface area contributed by atoms with Crippen LogP contribution in [0.4, 0.5) is 0 Å². The Bertz CT molecular complexity index is 1130. The van der Waals surface area contributed by atoms with Gasteiger partial charge in [0.1, 0.15) is 5.69 Å². The summed E-state index contributed by atoms with van der Waals surface area (Å²) in [4.78, 5) is 27.2. The molecule has 5 heteroatoms. The van der Waals surface area contributed by atoms with Gasteiger partial charge in [0.15, 0.2) is 5.78 Å².